The Morgan fingerprint density at radius 1 is 1.25 bits per heavy atom. The van der Waals surface area contributed by atoms with Crippen molar-refractivity contribution in [2.45, 2.75) is 33.2 Å². The molecule has 4 nitrogen and oxygen atoms in total. The number of nitrogens with zero attached hydrogens (tertiary/aromatic N) is 1. The molecule has 0 saturated carbocycles. The maximum atomic E-state index is 12.2. The molecule has 0 N–H and O–H groups in total. The lowest BCUT2D eigenvalue weighted by Gasteiger charge is -2.34. The van der Waals surface area contributed by atoms with Crippen LogP contribution in [0.3, 0.4) is 0 Å². The zero-order valence-electron chi connectivity index (χ0n) is 11.9. The van der Waals surface area contributed by atoms with Crippen LogP contribution in [0.1, 0.15) is 32.3 Å². The minimum atomic E-state index is -0.244. The van der Waals surface area contributed by atoms with Gasteiger partial charge in [-0.2, -0.15) is 0 Å². The molecular formula is C15H18BrNO3. The predicted octanol–water partition coefficient (Wildman–Crippen LogP) is 3.13. The van der Waals surface area contributed by atoms with Crippen LogP contribution < -0.4 is 4.74 Å². The minimum Gasteiger partial charge on any atom is -0.496 e. The van der Waals surface area contributed by atoms with Crippen molar-refractivity contribution in [3.63, 3.8) is 0 Å². The van der Waals surface area contributed by atoms with E-state index in [0.29, 0.717) is 18.6 Å². The van der Waals surface area contributed by atoms with Gasteiger partial charge in [-0.3, -0.25) is 14.5 Å². The Morgan fingerprint density at radius 2 is 1.85 bits per heavy atom. The molecule has 0 unspecified atom stereocenters. The summed E-state index contributed by atoms with van der Waals surface area (Å²) >= 11 is 3.39. The minimum absolute atomic E-state index is 0.117. The predicted molar refractivity (Wildman–Crippen MR) is 79.3 cm³/mol. The molecule has 0 radical (unpaired) electrons. The van der Waals surface area contributed by atoms with Gasteiger partial charge >= 0.3 is 0 Å². The van der Waals surface area contributed by atoms with Crippen molar-refractivity contribution in [3.8, 4) is 5.75 Å². The summed E-state index contributed by atoms with van der Waals surface area (Å²) in [7, 11) is 1.58. The van der Waals surface area contributed by atoms with Crippen LogP contribution in [-0.2, 0) is 16.1 Å². The Morgan fingerprint density at radius 3 is 2.40 bits per heavy atom. The summed E-state index contributed by atoms with van der Waals surface area (Å²) in [5.74, 6) is 0.445. The average molecular weight is 340 g/mol. The molecule has 1 fully saturated rings. The second-order valence-corrected chi connectivity index (χ2v) is 6.76. The topological polar surface area (TPSA) is 46.6 Å². The molecule has 1 aromatic carbocycles. The smallest absolute Gasteiger partial charge is 0.230 e. The van der Waals surface area contributed by atoms with Crippen LogP contribution in [0.5, 0.6) is 5.75 Å². The molecule has 20 heavy (non-hydrogen) atoms. The Kier molecular flexibility index (Phi) is 4.18. The third kappa shape index (κ3) is 3.20. The lowest BCUT2D eigenvalue weighted by atomic mass is 9.81. The van der Waals surface area contributed by atoms with Gasteiger partial charge in [0.2, 0.25) is 11.8 Å². The van der Waals surface area contributed by atoms with Crippen LogP contribution in [0.15, 0.2) is 22.7 Å². The quantitative estimate of drug-likeness (QED) is 0.795. The zero-order valence-corrected chi connectivity index (χ0v) is 13.5. The van der Waals surface area contributed by atoms with E-state index in [9.17, 15) is 9.59 Å². The van der Waals surface area contributed by atoms with Crippen molar-refractivity contribution in [2.24, 2.45) is 5.41 Å². The van der Waals surface area contributed by atoms with E-state index in [-0.39, 0.29) is 23.8 Å². The molecule has 0 bridgehead atoms. The van der Waals surface area contributed by atoms with Crippen molar-refractivity contribution in [2.75, 3.05) is 7.11 Å². The van der Waals surface area contributed by atoms with E-state index in [0.717, 1.165) is 10.0 Å². The Bertz CT molecular complexity index is 534. The SMILES string of the molecule is COc1ccc(Br)cc1CN1C(=O)CC(C)(C)CC1=O. The first-order valence-corrected chi connectivity index (χ1v) is 7.27. The molecule has 1 heterocycles. The number of hydrogen-bond acceptors (Lipinski definition) is 3. The number of hydrogen-bond donors (Lipinski definition) is 0. The summed E-state index contributed by atoms with van der Waals surface area (Å²) in [5, 5.41) is 0. The van der Waals surface area contributed by atoms with Gasteiger partial charge in [-0.25, -0.2) is 0 Å². The third-order valence-electron chi connectivity index (χ3n) is 3.43. The van der Waals surface area contributed by atoms with Gasteiger partial charge in [0.15, 0.2) is 0 Å². The molecule has 2 amide bonds. The summed E-state index contributed by atoms with van der Waals surface area (Å²) in [6, 6.07) is 5.56. The van der Waals surface area contributed by atoms with Gasteiger partial charge < -0.3 is 4.74 Å². The molecule has 1 aliphatic heterocycles. The molecule has 5 heteroatoms. The largest absolute Gasteiger partial charge is 0.496 e. The fourth-order valence-electron chi connectivity index (χ4n) is 2.43. The molecule has 1 aliphatic rings. The van der Waals surface area contributed by atoms with Crippen molar-refractivity contribution in [3.05, 3.63) is 28.2 Å². The highest BCUT2D eigenvalue weighted by molar-refractivity contribution is 9.10. The van der Waals surface area contributed by atoms with Gasteiger partial charge in [-0.05, 0) is 23.6 Å². The number of likely N-dealkylation sites (tertiary alicyclic amines) is 1. The number of ether oxygens (including phenoxy) is 1. The van der Waals surface area contributed by atoms with E-state index in [4.69, 9.17) is 4.74 Å². The fraction of sp³-hybridized carbons (Fsp3) is 0.467. The van der Waals surface area contributed by atoms with Gasteiger partial charge in [0.25, 0.3) is 0 Å². The molecule has 0 aromatic heterocycles. The van der Waals surface area contributed by atoms with Crippen LogP contribution in [0.4, 0.5) is 0 Å². The first-order chi connectivity index (χ1) is 9.32. The van der Waals surface area contributed by atoms with Gasteiger partial charge in [0.1, 0.15) is 5.75 Å². The fourth-order valence-corrected chi connectivity index (χ4v) is 2.84. The van der Waals surface area contributed by atoms with Gasteiger partial charge in [0, 0.05) is 22.9 Å². The monoisotopic (exact) mass is 339 g/mol. The van der Waals surface area contributed by atoms with E-state index in [2.05, 4.69) is 15.9 Å². The highest BCUT2D eigenvalue weighted by Gasteiger charge is 2.37. The first-order valence-electron chi connectivity index (χ1n) is 6.48. The van der Waals surface area contributed by atoms with Crippen LogP contribution in [0.25, 0.3) is 0 Å². The number of rotatable bonds is 3. The molecule has 0 spiro atoms. The average Bonchev–Trinajstić information content (AvgIpc) is 2.33. The molecule has 108 valence electrons. The zero-order chi connectivity index (χ0) is 14.9. The van der Waals surface area contributed by atoms with Crippen molar-refractivity contribution >= 4 is 27.7 Å². The van der Waals surface area contributed by atoms with E-state index in [1.165, 1.54) is 4.90 Å². The van der Waals surface area contributed by atoms with Crippen LogP contribution in [0, 0.1) is 5.41 Å². The summed E-state index contributed by atoms with van der Waals surface area (Å²) in [5.41, 5.74) is 0.578. The molecule has 1 aromatic rings. The van der Waals surface area contributed by atoms with Crippen molar-refractivity contribution in [1.82, 2.24) is 4.90 Å². The number of halogens is 1. The van der Waals surface area contributed by atoms with Gasteiger partial charge in [-0.15, -0.1) is 0 Å². The van der Waals surface area contributed by atoms with E-state index in [1.807, 2.05) is 32.0 Å². The van der Waals surface area contributed by atoms with Crippen molar-refractivity contribution in [1.29, 1.82) is 0 Å². The van der Waals surface area contributed by atoms with E-state index < -0.39 is 0 Å². The maximum absolute atomic E-state index is 12.2. The number of amides is 2. The highest BCUT2D eigenvalue weighted by Crippen LogP contribution is 2.33. The normalized spacial score (nSPS) is 18.3. The second kappa shape index (κ2) is 5.56. The number of carbonyl (C=O) groups excluding carboxylic acids is 2. The van der Waals surface area contributed by atoms with Gasteiger partial charge in [0.05, 0.1) is 13.7 Å². The lowest BCUT2D eigenvalue weighted by molar-refractivity contribution is -0.153. The maximum Gasteiger partial charge on any atom is 0.230 e. The molecule has 2 rings (SSSR count). The Labute approximate surface area is 127 Å². The van der Waals surface area contributed by atoms with Gasteiger partial charge in [-0.1, -0.05) is 29.8 Å². The van der Waals surface area contributed by atoms with Crippen LogP contribution >= 0.6 is 15.9 Å². The summed E-state index contributed by atoms with van der Waals surface area (Å²) in [6.45, 7) is 4.15. The lowest BCUT2D eigenvalue weighted by Crippen LogP contribution is -2.45. The molecular weight excluding hydrogens is 322 g/mol. The number of piperidine rings is 1. The Hall–Kier alpha value is -1.36. The summed E-state index contributed by atoms with van der Waals surface area (Å²) in [4.78, 5) is 25.7. The number of benzene rings is 1. The standard InChI is InChI=1S/C15H18BrNO3/c1-15(2)7-13(18)17(14(19)8-15)9-10-6-11(16)4-5-12(10)20-3/h4-6H,7-9H2,1-3H3. The Balaban J connectivity index is 2.24. The summed E-state index contributed by atoms with van der Waals surface area (Å²) in [6.07, 6.45) is 0.796. The number of carbonyl (C=O) groups is 2. The van der Waals surface area contributed by atoms with E-state index >= 15 is 0 Å². The number of imide groups is 1. The number of methoxy groups -OCH3 is 1. The third-order valence-corrected chi connectivity index (χ3v) is 3.93. The molecule has 0 atom stereocenters. The highest BCUT2D eigenvalue weighted by atomic mass is 79.9. The van der Waals surface area contributed by atoms with Crippen molar-refractivity contribution < 1.29 is 14.3 Å². The van der Waals surface area contributed by atoms with E-state index in [1.54, 1.807) is 7.11 Å². The molecule has 1 saturated heterocycles. The van der Waals surface area contributed by atoms with Crippen LogP contribution in [-0.4, -0.2) is 23.8 Å². The van der Waals surface area contributed by atoms with Crippen LogP contribution in [0.2, 0.25) is 0 Å². The second-order valence-electron chi connectivity index (χ2n) is 5.85. The first kappa shape index (κ1) is 15.0. The summed E-state index contributed by atoms with van der Waals surface area (Å²) < 4.78 is 6.18. The molecule has 0 aliphatic carbocycles.